The van der Waals surface area contributed by atoms with Crippen LogP contribution in [0.3, 0.4) is 0 Å². The van der Waals surface area contributed by atoms with Gasteiger partial charge in [0, 0.05) is 26.3 Å². The van der Waals surface area contributed by atoms with Crippen molar-refractivity contribution in [1.29, 1.82) is 0 Å². The van der Waals surface area contributed by atoms with Gasteiger partial charge in [-0.15, -0.1) is 0 Å². The molecule has 0 aliphatic carbocycles. The maximum Gasteiger partial charge on any atom is 0.174 e. The van der Waals surface area contributed by atoms with Crippen LogP contribution in [0, 0.1) is 0 Å². The number of para-hydroxylation sites is 2. The van der Waals surface area contributed by atoms with Crippen molar-refractivity contribution in [2.75, 3.05) is 43.1 Å². The molecule has 1 aliphatic heterocycles. The summed E-state index contributed by atoms with van der Waals surface area (Å²) in [5, 5.41) is 3.47. The average Bonchev–Trinajstić information content (AvgIpc) is 2.62. The molecule has 0 atom stereocenters. The highest BCUT2D eigenvalue weighted by atomic mass is 16.7. The maximum absolute atomic E-state index is 5.66. The number of rotatable bonds is 6. The van der Waals surface area contributed by atoms with Crippen LogP contribution in [-0.4, -0.2) is 39.1 Å². The molecule has 0 aromatic heterocycles. The van der Waals surface area contributed by atoms with E-state index < -0.39 is 0 Å². The fourth-order valence-electron chi connectivity index (χ4n) is 2.41. The molecular weight excluding hydrogens is 240 g/mol. The number of anilines is 2. The molecule has 0 bridgehead atoms. The predicted molar refractivity (Wildman–Crippen MR) is 78.8 cm³/mol. The molecule has 0 unspecified atom stereocenters. The van der Waals surface area contributed by atoms with E-state index in [9.17, 15) is 0 Å². The van der Waals surface area contributed by atoms with Crippen LogP contribution >= 0.6 is 0 Å². The van der Waals surface area contributed by atoms with E-state index in [2.05, 4.69) is 34.5 Å². The Kier molecular flexibility index (Phi) is 5.48. The van der Waals surface area contributed by atoms with Crippen LogP contribution in [0.5, 0.6) is 0 Å². The lowest BCUT2D eigenvalue weighted by molar-refractivity contribution is -0.129. The molecule has 0 spiro atoms. The topological polar surface area (TPSA) is 33.7 Å². The van der Waals surface area contributed by atoms with Gasteiger partial charge in [-0.05, 0) is 32.4 Å². The fourth-order valence-corrected chi connectivity index (χ4v) is 2.41. The minimum Gasteiger partial charge on any atom is -0.383 e. The zero-order chi connectivity index (χ0) is 13.5. The summed E-state index contributed by atoms with van der Waals surface area (Å²) in [4.78, 5) is 2.35. The highest BCUT2D eigenvalue weighted by Gasteiger charge is 2.19. The van der Waals surface area contributed by atoms with Crippen molar-refractivity contribution in [3.63, 3.8) is 0 Å². The molecule has 0 saturated carbocycles. The second kappa shape index (κ2) is 7.36. The number of nitrogens with zero attached hydrogens (tertiary/aromatic N) is 1. The van der Waals surface area contributed by atoms with E-state index >= 15 is 0 Å². The smallest absolute Gasteiger partial charge is 0.174 e. The van der Waals surface area contributed by atoms with Crippen LogP contribution in [0.1, 0.15) is 20.3 Å². The molecule has 2 rings (SSSR count). The number of hydrogen-bond donors (Lipinski definition) is 1. The Hall–Kier alpha value is -1.26. The zero-order valence-electron chi connectivity index (χ0n) is 11.9. The van der Waals surface area contributed by atoms with Gasteiger partial charge in [0.2, 0.25) is 0 Å². The minimum atomic E-state index is -0.152. The third kappa shape index (κ3) is 3.85. The van der Waals surface area contributed by atoms with Gasteiger partial charge in [-0.1, -0.05) is 12.1 Å². The normalized spacial score (nSPS) is 15.0. The summed E-state index contributed by atoms with van der Waals surface area (Å²) in [7, 11) is 0. The van der Waals surface area contributed by atoms with E-state index in [1.54, 1.807) is 0 Å². The SMILES string of the molecule is CCOC(CN1CCCNc2ccccc21)OCC. The molecule has 0 saturated heterocycles. The summed E-state index contributed by atoms with van der Waals surface area (Å²) in [6.45, 7) is 8.19. The summed E-state index contributed by atoms with van der Waals surface area (Å²) in [5.41, 5.74) is 2.44. The lowest BCUT2D eigenvalue weighted by Crippen LogP contribution is -2.36. The van der Waals surface area contributed by atoms with Crippen LogP contribution in [-0.2, 0) is 9.47 Å². The van der Waals surface area contributed by atoms with Gasteiger partial charge in [-0.2, -0.15) is 0 Å². The van der Waals surface area contributed by atoms with Crippen molar-refractivity contribution in [3.05, 3.63) is 24.3 Å². The quantitative estimate of drug-likeness (QED) is 0.801. The second-order valence-electron chi connectivity index (χ2n) is 4.58. The first-order valence-electron chi connectivity index (χ1n) is 7.16. The maximum atomic E-state index is 5.66. The lowest BCUT2D eigenvalue weighted by Gasteiger charge is -2.28. The van der Waals surface area contributed by atoms with E-state index in [-0.39, 0.29) is 6.29 Å². The van der Waals surface area contributed by atoms with Gasteiger partial charge >= 0.3 is 0 Å². The molecule has 0 fully saturated rings. The molecule has 19 heavy (non-hydrogen) atoms. The standard InChI is InChI=1S/C15H24N2O2/c1-3-18-15(19-4-2)12-17-11-7-10-16-13-8-5-6-9-14(13)17/h5-6,8-9,15-16H,3-4,7,10-12H2,1-2H3. The van der Waals surface area contributed by atoms with Gasteiger partial charge in [0.25, 0.3) is 0 Å². The van der Waals surface area contributed by atoms with Gasteiger partial charge in [0.1, 0.15) is 0 Å². The summed E-state index contributed by atoms with van der Waals surface area (Å²) < 4.78 is 11.3. The van der Waals surface area contributed by atoms with Crippen molar-refractivity contribution >= 4 is 11.4 Å². The van der Waals surface area contributed by atoms with Gasteiger partial charge in [-0.3, -0.25) is 0 Å². The molecule has 1 aromatic carbocycles. The van der Waals surface area contributed by atoms with Crippen LogP contribution in [0.4, 0.5) is 11.4 Å². The van der Waals surface area contributed by atoms with E-state index in [4.69, 9.17) is 9.47 Å². The lowest BCUT2D eigenvalue weighted by atomic mass is 10.2. The minimum absolute atomic E-state index is 0.152. The van der Waals surface area contributed by atoms with E-state index in [1.165, 1.54) is 11.4 Å². The molecule has 1 aromatic rings. The molecule has 1 heterocycles. The molecule has 4 heteroatoms. The van der Waals surface area contributed by atoms with Crippen LogP contribution in [0.15, 0.2) is 24.3 Å². The van der Waals surface area contributed by atoms with Gasteiger partial charge in [0.05, 0.1) is 17.9 Å². The van der Waals surface area contributed by atoms with Crippen molar-refractivity contribution < 1.29 is 9.47 Å². The molecule has 0 radical (unpaired) electrons. The van der Waals surface area contributed by atoms with Gasteiger partial charge < -0.3 is 19.7 Å². The number of benzene rings is 1. The number of nitrogens with one attached hydrogen (secondary N) is 1. The second-order valence-corrected chi connectivity index (χ2v) is 4.58. The number of ether oxygens (including phenoxy) is 2. The Morgan fingerprint density at radius 2 is 1.95 bits per heavy atom. The van der Waals surface area contributed by atoms with Crippen LogP contribution < -0.4 is 10.2 Å². The molecule has 4 nitrogen and oxygen atoms in total. The van der Waals surface area contributed by atoms with Gasteiger partial charge in [0.15, 0.2) is 6.29 Å². The van der Waals surface area contributed by atoms with E-state index in [0.717, 1.165) is 26.1 Å². The third-order valence-electron chi connectivity index (χ3n) is 3.24. The van der Waals surface area contributed by atoms with Crippen molar-refractivity contribution in [3.8, 4) is 0 Å². The monoisotopic (exact) mass is 264 g/mol. The summed E-state index contributed by atoms with van der Waals surface area (Å²) in [5.74, 6) is 0. The largest absolute Gasteiger partial charge is 0.383 e. The summed E-state index contributed by atoms with van der Waals surface area (Å²) in [6, 6.07) is 8.43. The van der Waals surface area contributed by atoms with Crippen molar-refractivity contribution in [1.82, 2.24) is 0 Å². The number of fused-ring (bicyclic) bond motifs is 1. The number of hydrogen-bond acceptors (Lipinski definition) is 4. The van der Waals surface area contributed by atoms with Crippen molar-refractivity contribution in [2.45, 2.75) is 26.6 Å². The molecule has 1 N–H and O–H groups in total. The van der Waals surface area contributed by atoms with Gasteiger partial charge in [-0.25, -0.2) is 0 Å². The molecule has 0 amide bonds. The summed E-state index contributed by atoms with van der Waals surface area (Å²) in [6.07, 6.45) is 0.973. The summed E-state index contributed by atoms with van der Waals surface area (Å²) >= 11 is 0. The third-order valence-corrected chi connectivity index (χ3v) is 3.24. The van der Waals surface area contributed by atoms with E-state index in [1.807, 2.05) is 13.8 Å². The highest BCUT2D eigenvalue weighted by Crippen LogP contribution is 2.28. The van der Waals surface area contributed by atoms with Crippen LogP contribution in [0.25, 0.3) is 0 Å². The van der Waals surface area contributed by atoms with Crippen molar-refractivity contribution in [2.24, 2.45) is 0 Å². The Morgan fingerprint density at radius 3 is 2.68 bits per heavy atom. The molecule has 1 aliphatic rings. The fraction of sp³-hybridized carbons (Fsp3) is 0.600. The Morgan fingerprint density at radius 1 is 1.21 bits per heavy atom. The molecule has 106 valence electrons. The Balaban J connectivity index is 2.10. The van der Waals surface area contributed by atoms with Crippen LogP contribution in [0.2, 0.25) is 0 Å². The Bertz CT molecular complexity index is 378. The van der Waals surface area contributed by atoms with E-state index in [0.29, 0.717) is 13.2 Å². The Labute approximate surface area is 115 Å². The molecular formula is C15H24N2O2. The first-order valence-corrected chi connectivity index (χ1v) is 7.16. The first-order chi connectivity index (χ1) is 9.35. The highest BCUT2D eigenvalue weighted by molar-refractivity contribution is 5.70. The predicted octanol–water partition coefficient (Wildman–Crippen LogP) is 2.71. The first kappa shape index (κ1) is 14.2. The zero-order valence-corrected chi connectivity index (χ0v) is 11.9. The average molecular weight is 264 g/mol.